The molecule has 1 saturated heterocycles. The Morgan fingerprint density at radius 2 is 2.14 bits per heavy atom. The van der Waals surface area contributed by atoms with Crippen LogP contribution in [0.2, 0.25) is 0 Å². The Labute approximate surface area is 165 Å². The summed E-state index contributed by atoms with van der Waals surface area (Å²) in [5, 5.41) is 0. The fraction of sp³-hybridized carbons (Fsp3) is 0.304. The van der Waals surface area contributed by atoms with Gasteiger partial charge in [0.2, 0.25) is 5.91 Å². The lowest BCUT2D eigenvalue weighted by Gasteiger charge is -2.31. The van der Waals surface area contributed by atoms with Crippen LogP contribution in [-0.4, -0.2) is 41.0 Å². The molecule has 1 fully saturated rings. The van der Waals surface area contributed by atoms with E-state index in [0.29, 0.717) is 6.54 Å². The second kappa shape index (κ2) is 7.89. The third-order valence-corrected chi connectivity index (χ3v) is 5.32. The summed E-state index contributed by atoms with van der Waals surface area (Å²) in [4.78, 5) is 22.8. The van der Waals surface area contributed by atoms with E-state index in [1.54, 1.807) is 13.2 Å². The fourth-order valence-corrected chi connectivity index (χ4v) is 3.82. The molecule has 5 nitrogen and oxygen atoms in total. The average Bonchev–Trinajstić information content (AvgIpc) is 3.16. The molecule has 0 saturated carbocycles. The van der Waals surface area contributed by atoms with Gasteiger partial charge in [-0.15, -0.1) is 0 Å². The molecule has 1 aliphatic rings. The topological polar surface area (TPSA) is 58.2 Å². The standard InChI is InChI=1S/C23H25N3O2/c1-16-9-11-21(28-2)17(14-16)10-12-22(27)26-13-5-6-18(15-26)23-24-19-7-3-4-8-20(19)25-23/h3-4,7-12,14,18H,5-6,13,15H2,1-2H3,(H,24,25)/b12-10+. The highest BCUT2D eigenvalue weighted by Crippen LogP contribution is 2.27. The number of benzene rings is 2. The number of H-pyrrole nitrogens is 1. The second-order valence-corrected chi connectivity index (χ2v) is 7.34. The van der Waals surface area contributed by atoms with Gasteiger partial charge < -0.3 is 14.6 Å². The molecule has 1 atom stereocenters. The van der Waals surface area contributed by atoms with Crippen molar-refractivity contribution in [3.63, 3.8) is 0 Å². The molecule has 5 heteroatoms. The summed E-state index contributed by atoms with van der Waals surface area (Å²) < 4.78 is 5.39. The lowest BCUT2D eigenvalue weighted by Crippen LogP contribution is -2.38. The minimum absolute atomic E-state index is 0.0318. The van der Waals surface area contributed by atoms with E-state index in [9.17, 15) is 4.79 Å². The number of aryl methyl sites for hydroxylation is 1. The number of methoxy groups -OCH3 is 1. The molecule has 3 aromatic rings. The Bertz CT molecular complexity index is 989. The quantitative estimate of drug-likeness (QED) is 0.692. The lowest BCUT2D eigenvalue weighted by atomic mass is 9.97. The molecule has 2 aromatic carbocycles. The van der Waals surface area contributed by atoms with Crippen LogP contribution in [0.15, 0.2) is 48.5 Å². The molecule has 0 spiro atoms. The van der Waals surface area contributed by atoms with Crippen LogP contribution in [0.25, 0.3) is 17.1 Å². The molecule has 144 valence electrons. The van der Waals surface area contributed by atoms with Crippen molar-refractivity contribution in [3.05, 3.63) is 65.5 Å². The predicted molar refractivity (Wildman–Crippen MR) is 111 cm³/mol. The highest BCUT2D eigenvalue weighted by molar-refractivity contribution is 5.92. The number of hydrogen-bond acceptors (Lipinski definition) is 3. The van der Waals surface area contributed by atoms with E-state index < -0.39 is 0 Å². The van der Waals surface area contributed by atoms with Crippen molar-refractivity contribution in [2.75, 3.05) is 20.2 Å². The maximum absolute atomic E-state index is 12.8. The maximum atomic E-state index is 12.8. The van der Waals surface area contributed by atoms with E-state index in [1.165, 1.54) is 0 Å². The van der Waals surface area contributed by atoms with E-state index in [4.69, 9.17) is 9.72 Å². The molecule has 1 amide bonds. The van der Waals surface area contributed by atoms with E-state index in [1.807, 2.05) is 60.4 Å². The first-order chi connectivity index (χ1) is 13.6. The number of aromatic amines is 1. The molecular weight excluding hydrogens is 350 g/mol. The van der Waals surface area contributed by atoms with Crippen LogP contribution in [0.1, 0.15) is 35.7 Å². The van der Waals surface area contributed by atoms with E-state index >= 15 is 0 Å². The van der Waals surface area contributed by atoms with E-state index in [0.717, 1.165) is 53.1 Å². The van der Waals surface area contributed by atoms with Crippen LogP contribution >= 0.6 is 0 Å². The SMILES string of the molecule is COc1ccc(C)cc1/C=C/C(=O)N1CCCC(c2nc3ccccc3[nH]2)C1. The first kappa shape index (κ1) is 18.3. The van der Waals surface area contributed by atoms with Crippen molar-refractivity contribution < 1.29 is 9.53 Å². The summed E-state index contributed by atoms with van der Waals surface area (Å²) in [6.07, 6.45) is 5.52. The molecule has 1 N–H and O–H groups in total. The fourth-order valence-electron chi connectivity index (χ4n) is 3.82. The Morgan fingerprint density at radius 3 is 2.96 bits per heavy atom. The molecule has 1 aliphatic heterocycles. The summed E-state index contributed by atoms with van der Waals surface area (Å²) >= 11 is 0. The number of nitrogens with zero attached hydrogens (tertiary/aromatic N) is 2. The Morgan fingerprint density at radius 1 is 1.29 bits per heavy atom. The first-order valence-corrected chi connectivity index (χ1v) is 9.70. The molecule has 28 heavy (non-hydrogen) atoms. The summed E-state index contributed by atoms with van der Waals surface area (Å²) in [6, 6.07) is 14.0. The Balaban J connectivity index is 1.48. The molecule has 1 aromatic heterocycles. The van der Waals surface area contributed by atoms with Crippen LogP contribution < -0.4 is 4.74 Å². The van der Waals surface area contributed by atoms with Gasteiger partial charge in [0.05, 0.1) is 18.1 Å². The van der Waals surface area contributed by atoms with Crippen molar-refractivity contribution in [2.24, 2.45) is 0 Å². The molecule has 1 unspecified atom stereocenters. The van der Waals surface area contributed by atoms with E-state index in [-0.39, 0.29) is 11.8 Å². The van der Waals surface area contributed by atoms with Crippen molar-refractivity contribution in [3.8, 4) is 5.75 Å². The normalized spacial score (nSPS) is 17.4. The number of likely N-dealkylation sites (tertiary alicyclic amines) is 1. The zero-order valence-corrected chi connectivity index (χ0v) is 16.3. The minimum Gasteiger partial charge on any atom is -0.496 e. The smallest absolute Gasteiger partial charge is 0.246 e. The molecule has 0 bridgehead atoms. The number of imidazole rings is 1. The molecular formula is C23H25N3O2. The van der Waals surface area contributed by atoms with Gasteiger partial charge in [0.15, 0.2) is 0 Å². The largest absolute Gasteiger partial charge is 0.496 e. The number of piperidine rings is 1. The number of fused-ring (bicyclic) bond motifs is 1. The van der Waals surface area contributed by atoms with Gasteiger partial charge in [-0.1, -0.05) is 23.8 Å². The van der Waals surface area contributed by atoms with Crippen molar-refractivity contribution in [2.45, 2.75) is 25.7 Å². The first-order valence-electron chi connectivity index (χ1n) is 9.70. The summed E-state index contributed by atoms with van der Waals surface area (Å²) in [7, 11) is 1.65. The third-order valence-electron chi connectivity index (χ3n) is 5.32. The van der Waals surface area contributed by atoms with Crippen LogP contribution in [0.5, 0.6) is 5.75 Å². The van der Waals surface area contributed by atoms with Gasteiger partial charge in [-0.2, -0.15) is 0 Å². The lowest BCUT2D eigenvalue weighted by molar-refractivity contribution is -0.127. The number of hydrogen-bond donors (Lipinski definition) is 1. The number of amides is 1. The number of nitrogens with one attached hydrogen (secondary N) is 1. The van der Waals surface area contributed by atoms with Crippen molar-refractivity contribution in [1.29, 1.82) is 0 Å². The number of carbonyl (C=O) groups excluding carboxylic acids is 1. The van der Waals surface area contributed by atoms with Crippen LogP contribution in [0.3, 0.4) is 0 Å². The zero-order valence-electron chi connectivity index (χ0n) is 16.3. The Kier molecular flexibility index (Phi) is 5.15. The summed E-state index contributed by atoms with van der Waals surface area (Å²) in [5.41, 5.74) is 4.08. The number of carbonyl (C=O) groups is 1. The highest BCUT2D eigenvalue weighted by atomic mass is 16.5. The van der Waals surface area contributed by atoms with Gasteiger partial charge in [-0.25, -0.2) is 4.98 Å². The number of ether oxygens (including phenoxy) is 1. The maximum Gasteiger partial charge on any atom is 0.246 e. The van der Waals surface area contributed by atoms with Crippen molar-refractivity contribution >= 4 is 23.0 Å². The molecule has 4 rings (SSSR count). The summed E-state index contributed by atoms with van der Waals surface area (Å²) in [6.45, 7) is 3.50. The third kappa shape index (κ3) is 3.79. The van der Waals surface area contributed by atoms with Gasteiger partial charge in [-0.05, 0) is 50.1 Å². The number of aromatic nitrogens is 2. The zero-order chi connectivity index (χ0) is 19.5. The second-order valence-electron chi connectivity index (χ2n) is 7.34. The minimum atomic E-state index is 0.0318. The monoisotopic (exact) mass is 375 g/mol. The summed E-state index contributed by atoms with van der Waals surface area (Å²) in [5.74, 6) is 2.02. The molecule has 0 aliphatic carbocycles. The Hall–Kier alpha value is -3.08. The number of rotatable bonds is 4. The van der Waals surface area contributed by atoms with Gasteiger partial charge in [0, 0.05) is 30.6 Å². The van der Waals surface area contributed by atoms with Gasteiger partial charge >= 0.3 is 0 Å². The highest BCUT2D eigenvalue weighted by Gasteiger charge is 2.25. The van der Waals surface area contributed by atoms with Gasteiger partial charge in [-0.3, -0.25) is 4.79 Å². The van der Waals surface area contributed by atoms with Crippen LogP contribution in [0, 0.1) is 6.92 Å². The van der Waals surface area contributed by atoms with Crippen molar-refractivity contribution in [1.82, 2.24) is 14.9 Å². The van der Waals surface area contributed by atoms with E-state index in [2.05, 4.69) is 4.98 Å². The van der Waals surface area contributed by atoms with Gasteiger partial charge in [0.25, 0.3) is 0 Å². The van der Waals surface area contributed by atoms with Crippen LogP contribution in [0.4, 0.5) is 0 Å². The van der Waals surface area contributed by atoms with Gasteiger partial charge in [0.1, 0.15) is 11.6 Å². The molecule has 0 radical (unpaired) electrons. The molecule has 2 heterocycles. The average molecular weight is 375 g/mol. The predicted octanol–water partition coefficient (Wildman–Crippen LogP) is 4.30. The number of para-hydroxylation sites is 2. The van der Waals surface area contributed by atoms with Crippen LogP contribution in [-0.2, 0) is 4.79 Å².